The van der Waals surface area contributed by atoms with Gasteiger partial charge in [-0.1, -0.05) is 23.7 Å². The molecule has 2 saturated heterocycles. The number of aromatic nitrogens is 1. The first-order chi connectivity index (χ1) is 13.2. The van der Waals surface area contributed by atoms with E-state index in [1.165, 1.54) is 5.56 Å². The van der Waals surface area contributed by atoms with Crippen LogP contribution in [0.2, 0.25) is 5.02 Å². The lowest BCUT2D eigenvalue weighted by atomic mass is 9.99. The first kappa shape index (κ1) is 18.3. The van der Waals surface area contributed by atoms with Crippen LogP contribution in [0, 0.1) is 5.92 Å². The Bertz CT molecular complexity index is 773. The summed E-state index contributed by atoms with van der Waals surface area (Å²) in [6.45, 7) is 4.75. The Morgan fingerprint density at radius 1 is 1.11 bits per heavy atom. The van der Waals surface area contributed by atoms with Crippen LogP contribution in [0.5, 0.6) is 0 Å². The summed E-state index contributed by atoms with van der Waals surface area (Å²) in [5.74, 6) is 1.49. The Kier molecular flexibility index (Phi) is 5.60. The third kappa shape index (κ3) is 4.42. The van der Waals surface area contributed by atoms with Gasteiger partial charge in [-0.05, 0) is 48.6 Å². The summed E-state index contributed by atoms with van der Waals surface area (Å²) in [6.07, 6.45) is 3.72. The number of halogens is 1. The molecule has 1 amide bonds. The average molecular weight is 386 g/mol. The summed E-state index contributed by atoms with van der Waals surface area (Å²) in [5.41, 5.74) is 1.94. The predicted molar refractivity (Wildman–Crippen MR) is 106 cm³/mol. The van der Waals surface area contributed by atoms with Crippen molar-refractivity contribution in [3.63, 3.8) is 0 Å². The van der Waals surface area contributed by atoms with E-state index in [1.807, 2.05) is 29.2 Å². The van der Waals surface area contributed by atoms with E-state index in [-0.39, 0.29) is 5.91 Å². The van der Waals surface area contributed by atoms with Gasteiger partial charge in [0.25, 0.3) is 5.91 Å². The van der Waals surface area contributed by atoms with Crippen molar-refractivity contribution in [2.24, 2.45) is 5.92 Å². The van der Waals surface area contributed by atoms with Crippen LogP contribution in [0.4, 0.5) is 5.82 Å². The van der Waals surface area contributed by atoms with Gasteiger partial charge in [-0.3, -0.25) is 4.79 Å². The molecule has 0 N–H and O–H groups in total. The number of ether oxygens (including phenoxy) is 1. The van der Waals surface area contributed by atoms with Crippen LogP contribution in [-0.2, 0) is 11.2 Å². The van der Waals surface area contributed by atoms with Gasteiger partial charge < -0.3 is 14.5 Å². The molecule has 4 rings (SSSR count). The molecule has 2 fully saturated rings. The predicted octanol–water partition coefficient (Wildman–Crippen LogP) is 3.28. The van der Waals surface area contributed by atoms with Crippen molar-refractivity contribution in [1.82, 2.24) is 9.88 Å². The number of likely N-dealkylation sites (tertiary alicyclic amines) is 1. The lowest BCUT2D eigenvalue weighted by molar-refractivity contribution is 0.0786. The number of morpholine rings is 1. The largest absolute Gasteiger partial charge is 0.378 e. The molecule has 0 aliphatic carbocycles. The van der Waals surface area contributed by atoms with Crippen molar-refractivity contribution < 1.29 is 9.53 Å². The number of carbonyl (C=O) groups excluding carboxylic acids is 1. The van der Waals surface area contributed by atoms with Gasteiger partial charge in [-0.25, -0.2) is 4.98 Å². The molecular formula is C21H24ClN3O2. The first-order valence-electron chi connectivity index (χ1n) is 9.51. The van der Waals surface area contributed by atoms with Gasteiger partial charge in [0.2, 0.25) is 0 Å². The number of carbonyl (C=O) groups is 1. The summed E-state index contributed by atoms with van der Waals surface area (Å²) in [7, 11) is 0. The smallest absolute Gasteiger partial charge is 0.255 e. The molecule has 5 nitrogen and oxygen atoms in total. The third-order valence-corrected chi connectivity index (χ3v) is 5.59. The Labute approximate surface area is 164 Å². The van der Waals surface area contributed by atoms with Crippen molar-refractivity contribution >= 4 is 23.3 Å². The second kappa shape index (κ2) is 8.28. The highest BCUT2D eigenvalue weighted by Crippen LogP contribution is 2.23. The minimum atomic E-state index is 0.0784. The molecule has 0 bridgehead atoms. The van der Waals surface area contributed by atoms with Crippen LogP contribution < -0.4 is 4.90 Å². The zero-order valence-corrected chi connectivity index (χ0v) is 16.1. The van der Waals surface area contributed by atoms with E-state index >= 15 is 0 Å². The van der Waals surface area contributed by atoms with E-state index in [9.17, 15) is 4.79 Å². The topological polar surface area (TPSA) is 45.7 Å². The van der Waals surface area contributed by atoms with Gasteiger partial charge in [0.15, 0.2) is 0 Å². The van der Waals surface area contributed by atoms with Crippen LogP contribution in [0.3, 0.4) is 0 Å². The normalized spacial score (nSPS) is 20.1. The van der Waals surface area contributed by atoms with Crippen LogP contribution in [0.15, 0.2) is 42.6 Å². The Morgan fingerprint density at radius 2 is 1.89 bits per heavy atom. The summed E-state index contributed by atoms with van der Waals surface area (Å²) >= 11 is 5.95. The highest BCUT2D eigenvalue weighted by atomic mass is 35.5. The van der Waals surface area contributed by atoms with Crippen molar-refractivity contribution in [3.8, 4) is 0 Å². The Balaban J connectivity index is 1.34. The maximum Gasteiger partial charge on any atom is 0.255 e. The van der Waals surface area contributed by atoms with Crippen LogP contribution in [-0.4, -0.2) is 55.2 Å². The molecule has 2 aromatic rings. The molecule has 1 atom stereocenters. The van der Waals surface area contributed by atoms with Gasteiger partial charge in [0, 0.05) is 37.4 Å². The third-order valence-electron chi connectivity index (χ3n) is 5.34. The maximum absolute atomic E-state index is 12.8. The van der Waals surface area contributed by atoms with Gasteiger partial charge in [0.05, 0.1) is 18.8 Å². The van der Waals surface area contributed by atoms with Crippen LogP contribution >= 0.6 is 11.6 Å². The molecule has 1 unspecified atom stereocenters. The first-order valence-corrected chi connectivity index (χ1v) is 9.89. The van der Waals surface area contributed by atoms with E-state index in [0.717, 1.165) is 63.1 Å². The SMILES string of the molecule is O=C(c1ccc(N2CCOCC2)nc1)N1CCC(Cc2ccc(Cl)cc2)C1. The summed E-state index contributed by atoms with van der Waals surface area (Å²) in [5, 5.41) is 0.759. The van der Waals surface area contributed by atoms with E-state index in [1.54, 1.807) is 6.20 Å². The summed E-state index contributed by atoms with van der Waals surface area (Å²) < 4.78 is 5.37. The molecular weight excluding hydrogens is 362 g/mol. The number of rotatable bonds is 4. The van der Waals surface area contributed by atoms with Gasteiger partial charge in [-0.2, -0.15) is 0 Å². The van der Waals surface area contributed by atoms with Gasteiger partial charge in [0.1, 0.15) is 5.82 Å². The number of anilines is 1. The molecule has 0 radical (unpaired) electrons. The molecule has 0 saturated carbocycles. The van der Waals surface area contributed by atoms with E-state index < -0.39 is 0 Å². The lowest BCUT2D eigenvalue weighted by Gasteiger charge is -2.27. The van der Waals surface area contributed by atoms with Crippen molar-refractivity contribution in [2.75, 3.05) is 44.3 Å². The van der Waals surface area contributed by atoms with E-state index in [0.29, 0.717) is 11.5 Å². The van der Waals surface area contributed by atoms with Gasteiger partial charge >= 0.3 is 0 Å². The number of benzene rings is 1. The molecule has 3 heterocycles. The standard InChI is InChI=1S/C21H24ClN3O2/c22-19-4-1-16(2-5-19)13-17-7-8-25(15-17)21(26)18-3-6-20(23-14-18)24-9-11-27-12-10-24/h1-6,14,17H,7-13,15H2. The fourth-order valence-corrected chi connectivity index (χ4v) is 3.94. The zero-order valence-electron chi connectivity index (χ0n) is 15.3. The van der Waals surface area contributed by atoms with Crippen LogP contribution in [0.1, 0.15) is 22.3 Å². The van der Waals surface area contributed by atoms with Crippen molar-refractivity contribution in [1.29, 1.82) is 0 Å². The zero-order chi connectivity index (χ0) is 18.6. The molecule has 142 valence electrons. The summed E-state index contributed by atoms with van der Waals surface area (Å²) in [4.78, 5) is 21.5. The minimum absolute atomic E-state index is 0.0784. The quantitative estimate of drug-likeness (QED) is 0.810. The molecule has 27 heavy (non-hydrogen) atoms. The molecule has 1 aromatic heterocycles. The maximum atomic E-state index is 12.8. The lowest BCUT2D eigenvalue weighted by Crippen LogP contribution is -2.36. The minimum Gasteiger partial charge on any atom is -0.378 e. The molecule has 0 spiro atoms. The van der Waals surface area contributed by atoms with Crippen LogP contribution in [0.25, 0.3) is 0 Å². The summed E-state index contributed by atoms with van der Waals surface area (Å²) in [6, 6.07) is 11.8. The number of amides is 1. The fourth-order valence-electron chi connectivity index (χ4n) is 3.81. The molecule has 2 aliphatic heterocycles. The average Bonchev–Trinajstić information content (AvgIpc) is 3.18. The Hall–Kier alpha value is -2.11. The molecule has 6 heteroatoms. The van der Waals surface area contributed by atoms with E-state index in [4.69, 9.17) is 16.3 Å². The molecule has 2 aliphatic rings. The highest BCUT2D eigenvalue weighted by molar-refractivity contribution is 6.30. The number of hydrogen-bond acceptors (Lipinski definition) is 4. The van der Waals surface area contributed by atoms with Crippen molar-refractivity contribution in [3.05, 3.63) is 58.7 Å². The number of hydrogen-bond donors (Lipinski definition) is 0. The monoisotopic (exact) mass is 385 g/mol. The Morgan fingerprint density at radius 3 is 2.59 bits per heavy atom. The fraction of sp³-hybridized carbons (Fsp3) is 0.429. The van der Waals surface area contributed by atoms with Crippen molar-refractivity contribution in [2.45, 2.75) is 12.8 Å². The second-order valence-electron chi connectivity index (χ2n) is 7.24. The number of nitrogens with zero attached hydrogens (tertiary/aromatic N) is 3. The van der Waals surface area contributed by atoms with Gasteiger partial charge in [-0.15, -0.1) is 0 Å². The second-order valence-corrected chi connectivity index (χ2v) is 7.68. The number of pyridine rings is 1. The van der Waals surface area contributed by atoms with E-state index in [2.05, 4.69) is 22.0 Å². The molecule has 1 aromatic carbocycles. The highest BCUT2D eigenvalue weighted by Gasteiger charge is 2.27.